The number of ether oxygens (including phenoxy) is 1. The van der Waals surface area contributed by atoms with Crippen LogP contribution >= 0.6 is 0 Å². The lowest BCUT2D eigenvalue weighted by Crippen LogP contribution is -2.28. The Bertz CT molecular complexity index is 505. The molecule has 2 rings (SSSR count). The molecule has 0 atom stereocenters. The van der Waals surface area contributed by atoms with Gasteiger partial charge >= 0.3 is 5.97 Å². The quantitative estimate of drug-likeness (QED) is 0.603. The van der Waals surface area contributed by atoms with E-state index in [9.17, 15) is 9.59 Å². The van der Waals surface area contributed by atoms with E-state index in [1.165, 1.54) is 0 Å². The third kappa shape index (κ3) is 2.14. The van der Waals surface area contributed by atoms with Crippen LogP contribution in [0.1, 0.15) is 13.8 Å². The minimum absolute atomic E-state index is 0.167. The molecular weight excluding hydrogens is 230 g/mol. The van der Waals surface area contributed by atoms with Gasteiger partial charge < -0.3 is 9.64 Å². The Morgan fingerprint density at radius 2 is 2.00 bits per heavy atom. The molecule has 18 heavy (non-hydrogen) atoms. The normalized spacial score (nSPS) is 15.2. The van der Waals surface area contributed by atoms with E-state index in [-0.39, 0.29) is 18.1 Å². The Labute approximate surface area is 106 Å². The first-order valence-corrected chi connectivity index (χ1v) is 5.89. The van der Waals surface area contributed by atoms with E-state index in [1.807, 2.05) is 30.3 Å². The molecule has 0 saturated carbocycles. The molecule has 1 aliphatic heterocycles. The van der Waals surface area contributed by atoms with Crippen molar-refractivity contribution in [2.24, 2.45) is 0 Å². The van der Waals surface area contributed by atoms with Crippen molar-refractivity contribution in [3.05, 3.63) is 41.5 Å². The Morgan fingerprint density at radius 3 is 2.61 bits per heavy atom. The van der Waals surface area contributed by atoms with E-state index in [4.69, 9.17) is 4.74 Å². The van der Waals surface area contributed by atoms with Crippen LogP contribution in [-0.4, -0.2) is 25.0 Å². The van der Waals surface area contributed by atoms with Gasteiger partial charge in [-0.15, -0.1) is 0 Å². The molecule has 1 heterocycles. The minimum Gasteiger partial charge on any atom is -0.462 e. The van der Waals surface area contributed by atoms with Gasteiger partial charge in [-0.1, -0.05) is 18.2 Å². The molecule has 94 valence electrons. The van der Waals surface area contributed by atoms with Crippen molar-refractivity contribution < 1.29 is 14.3 Å². The second kappa shape index (κ2) is 5.04. The van der Waals surface area contributed by atoms with E-state index < -0.39 is 5.97 Å². The Balaban J connectivity index is 2.24. The maximum absolute atomic E-state index is 12.2. The number of carbonyl (C=O) groups is 2. The van der Waals surface area contributed by atoms with Crippen molar-refractivity contribution in [3.8, 4) is 0 Å². The van der Waals surface area contributed by atoms with Gasteiger partial charge in [0.1, 0.15) is 5.57 Å². The minimum atomic E-state index is -0.529. The van der Waals surface area contributed by atoms with Gasteiger partial charge in [-0.25, -0.2) is 4.79 Å². The number of rotatable bonds is 3. The van der Waals surface area contributed by atoms with Crippen molar-refractivity contribution in [2.75, 3.05) is 18.1 Å². The van der Waals surface area contributed by atoms with Crippen molar-refractivity contribution in [1.29, 1.82) is 0 Å². The Kier molecular flexibility index (Phi) is 3.46. The Morgan fingerprint density at radius 1 is 1.33 bits per heavy atom. The van der Waals surface area contributed by atoms with Crippen molar-refractivity contribution >= 4 is 17.6 Å². The summed E-state index contributed by atoms with van der Waals surface area (Å²) < 4.78 is 4.91. The highest BCUT2D eigenvalue weighted by molar-refractivity contribution is 6.24. The fraction of sp³-hybridized carbons (Fsp3) is 0.286. The summed E-state index contributed by atoms with van der Waals surface area (Å²) in [6, 6.07) is 9.30. The zero-order valence-electron chi connectivity index (χ0n) is 10.5. The zero-order chi connectivity index (χ0) is 13.1. The van der Waals surface area contributed by atoms with Gasteiger partial charge in [-0.2, -0.15) is 0 Å². The summed E-state index contributed by atoms with van der Waals surface area (Å²) in [6.45, 7) is 4.22. The summed E-state index contributed by atoms with van der Waals surface area (Å²) >= 11 is 0. The zero-order valence-corrected chi connectivity index (χ0v) is 10.5. The number of hydrogen-bond acceptors (Lipinski definition) is 3. The molecule has 0 saturated heterocycles. The SMILES string of the molecule is CCOC(=O)C1=C(C)CN(c2ccccc2)C1=O. The monoisotopic (exact) mass is 245 g/mol. The van der Waals surface area contributed by atoms with Crippen molar-refractivity contribution in [3.63, 3.8) is 0 Å². The summed E-state index contributed by atoms with van der Waals surface area (Å²) in [4.78, 5) is 25.5. The topological polar surface area (TPSA) is 46.6 Å². The molecule has 4 heteroatoms. The fourth-order valence-corrected chi connectivity index (χ4v) is 1.99. The van der Waals surface area contributed by atoms with Crippen LogP contribution in [-0.2, 0) is 14.3 Å². The molecule has 0 radical (unpaired) electrons. The summed E-state index contributed by atoms with van der Waals surface area (Å²) in [7, 11) is 0. The smallest absolute Gasteiger partial charge is 0.343 e. The summed E-state index contributed by atoms with van der Waals surface area (Å²) in [5.74, 6) is -0.810. The highest BCUT2D eigenvalue weighted by atomic mass is 16.5. The molecule has 0 aromatic heterocycles. The third-order valence-electron chi connectivity index (χ3n) is 2.83. The van der Waals surface area contributed by atoms with Crippen LogP contribution in [0.4, 0.5) is 5.69 Å². The number of anilines is 1. The van der Waals surface area contributed by atoms with Crippen LogP contribution in [0.25, 0.3) is 0 Å². The van der Waals surface area contributed by atoms with Crippen molar-refractivity contribution in [2.45, 2.75) is 13.8 Å². The van der Waals surface area contributed by atoms with Gasteiger partial charge in [0.15, 0.2) is 0 Å². The predicted molar refractivity (Wildman–Crippen MR) is 68.1 cm³/mol. The second-order valence-corrected chi connectivity index (χ2v) is 4.10. The highest BCUT2D eigenvalue weighted by Gasteiger charge is 2.34. The summed E-state index contributed by atoms with van der Waals surface area (Å²) in [6.07, 6.45) is 0. The molecule has 4 nitrogen and oxygen atoms in total. The first-order chi connectivity index (χ1) is 8.65. The van der Waals surface area contributed by atoms with E-state index >= 15 is 0 Å². The number of hydrogen-bond donors (Lipinski definition) is 0. The molecule has 0 aliphatic carbocycles. The number of para-hydroxylation sites is 1. The van der Waals surface area contributed by atoms with Gasteiger partial charge in [0, 0.05) is 12.2 Å². The highest BCUT2D eigenvalue weighted by Crippen LogP contribution is 2.25. The van der Waals surface area contributed by atoms with Gasteiger partial charge in [0.2, 0.25) is 0 Å². The molecule has 1 aliphatic rings. The van der Waals surface area contributed by atoms with Gasteiger partial charge in [0.25, 0.3) is 5.91 Å². The Hall–Kier alpha value is -2.10. The lowest BCUT2D eigenvalue weighted by molar-refractivity contribution is -0.139. The molecule has 1 aromatic carbocycles. The molecule has 0 bridgehead atoms. The maximum Gasteiger partial charge on any atom is 0.343 e. The number of nitrogens with zero attached hydrogens (tertiary/aromatic N) is 1. The average molecular weight is 245 g/mol. The van der Waals surface area contributed by atoms with Crippen LogP contribution in [0.3, 0.4) is 0 Å². The maximum atomic E-state index is 12.2. The largest absolute Gasteiger partial charge is 0.462 e. The van der Waals surface area contributed by atoms with E-state index in [2.05, 4.69) is 0 Å². The van der Waals surface area contributed by atoms with Gasteiger partial charge in [-0.3, -0.25) is 4.79 Å². The van der Waals surface area contributed by atoms with E-state index in [1.54, 1.807) is 18.7 Å². The lowest BCUT2D eigenvalue weighted by Gasteiger charge is -2.16. The van der Waals surface area contributed by atoms with Crippen LogP contribution in [0.15, 0.2) is 41.5 Å². The van der Waals surface area contributed by atoms with E-state index in [0.29, 0.717) is 6.54 Å². The average Bonchev–Trinajstić information content (AvgIpc) is 2.66. The summed E-state index contributed by atoms with van der Waals surface area (Å²) in [5, 5.41) is 0. The number of esters is 1. The first kappa shape index (κ1) is 12.4. The fourth-order valence-electron chi connectivity index (χ4n) is 1.99. The van der Waals surface area contributed by atoms with Crippen molar-refractivity contribution in [1.82, 2.24) is 0 Å². The first-order valence-electron chi connectivity index (χ1n) is 5.89. The number of carbonyl (C=O) groups excluding carboxylic acids is 2. The molecule has 0 fully saturated rings. The van der Waals surface area contributed by atoms with Crippen LogP contribution in [0.2, 0.25) is 0 Å². The standard InChI is InChI=1S/C14H15NO3/c1-3-18-14(17)12-10(2)9-15(13(12)16)11-7-5-4-6-8-11/h4-8H,3,9H2,1-2H3. The summed E-state index contributed by atoms with van der Waals surface area (Å²) in [5.41, 5.74) is 1.71. The van der Waals surface area contributed by atoms with E-state index in [0.717, 1.165) is 11.3 Å². The van der Waals surface area contributed by atoms with Crippen LogP contribution < -0.4 is 4.90 Å². The molecule has 1 amide bonds. The second-order valence-electron chi connectivity index (χ2n) is 4.10. The van der Waals surface area contributed by atoms with Gasteiger partial charge in [0.05, 0.1) is 6.61 Å². The molecule has 0 spiro atoms. The lowest BCUT2D eigenvalue weighted by atomic mass is 10.2. The predicted octanol–water partition coefficient (Wildman–Crippen LogP) is 1.91. The van der Waals surface area contributed by atoms with Gasteiger partial charge in [-0.05, 0) is 31.6 Å². The number of benzene rings is 1. The molecule has 1 aromatic rings. The van der Waals surface area contributed by atoms with Crippen LogP contribution in [0, 0.1) is 0 Å². The van der Waals surface area contributed by atoms with Crippen LogP contribution in [0.5, 0.6) is 0 Å². The molecule has 0 N–H and O–H groups in total. The molecule has 0 unspecified atom stereocenters. The molecular formula is C14H15NO3. The number of amides is 1. The third-order valence-corrected chi connectivity index (χ3v) is 2.83.